The predicted octanol–water partition coefficient (Wildman–Crippen LogP) is 1.82. The fourth-order valence-corrected chi connectivity index (χ4v) is 1.63. The third-order valence-corrected chi connectivity index (χ3v) is 2.48. The summed E-state index contributed by atoms with van der Waals surface area (Å²) >= 11 is 0. The minimum atomic E-state index is 0.297. The lowest BCUT2D eigenvalue weighted by atomic mass is 10.2. The van der Waals surface area contributed by atoms with Gasteiger partial charge < -0.3 is 14.8 Å². The van der Waals surface area contributed by atoms with Gasteiger partial charge in [-0.2, -0.15) is 0 Å². The molecule has 2 heterocycles. The number of ether oxygens (including phenoxy) is 2. The average molecular weight is 229 g/mol. The first-order chi connectivity index (χ1) is 8.42. The quantitative estimate of drug-likeness (QED) is 0.870. The Bertz CT molecular complexity index is 516. The minimum absolute atomic E-state index is 0.297. The number of benzene rings is 1. The van der Waals surface area contributed by atoms with Gasteiger partial charge in [0.15, 0.2) is 11.5 Å². The first-order valence-corrected chi connectivity index (χ1v) is 5.29. The standard InChI is InChI=1S/C12H11N3O2/c1-2-11-12(17-8-16-11)3-10(1)15-6-9-4-13-7-14-5-9/h1-5,7,15H,6,8H2. The summed E-state index contributed by atoms with van der Waals surface area (Å²) in [7, 11) is 0. The van der Waals surface area contributed by atoms with E-state index in [1.165, 1.54) is 6.33 Å². The SMILES string of the molecule is c1ncc(CNc2ccc3c(c2)OCO3)cn1. The van der Waals surface area contributed by atoms with Gasteiger partial charge in [-0.3, -0.25) is 0 Å². The average Bonchev–Trinajstić information content (AvgIpc) is 2.85. The number of nitrogens with zero attached hydrogens (tertiary/aromatic N) is 2. The molecule has 17 heavy (non-hydrogen) atoms. The van der Waals surface area contributed by atoms with Crippen molar-refractivity contribution in [2.45, 2.75) is 6.54 Å². The first kappa shape index (κ1) is 9.89. The molecule has 0 fully saturated rings. The van der Waals surface area contributed by atoms with E-state index in [-0.39, 0.29) is 0 Å². The van der Waals surface area contributed by atoms with E-state index in [2.05, 4.69) is 15.3 Å². The smallest absolute Gasteiger partial charge is 0.231 e. The fraction of sp³-hybridized carbons (Fsp3) is 0.167. The van der Waals surface area contributed by atoms with Crippen LogP contribution in [0.25, 0.3) is 0 Å². The topological polar surface area (TPSA) is 56.3 Å². The van der Waals surface area contributed by atoms with Gasteiger partial charge in [0.2, 0.25) is 6.79 Å². The van der Waals surface area contributed by atoms with Gasteiger partial charge in [0.05, 0.1) is 0 Å². The molecule has 0 aliphatic carbocycles. The molecule has 1 aromatic carbocycles. The Labute approximate surface area is 98.4 Å². The Balaban J connectivity index is 1.70. The Kier molecular flexibility index (Phi) is 2.50. The van der Waals surface area contributed by atoms with Crippen LogP contribution in [0, 0.1) is 0 Å². The molecule has 0 saturated heterocycles. The van der Waals surface area contributed by atoms with Gasteiger partial charge in [-0.15, -0.1) is 0 Å². The summed E-state index contributed by atoms with van der Waals surface area (Å²) < 4.78 is 10.6. The zero-order valence-corrected chi connectivity index (χ0v) is 9.09. The van der Waals surface area contributed by atoms with Gasteiger partial charge in [0.25, 0.3) is 0 Å². The third kappa shape index (κ3) is 2.13. The number of hydrogen-bond acceptors (Lipinski definition) is 5. The van der Waals surface area contributed by atoms with Crippen LogP contribution in [0.5, 0.6) is 11.5 Å². The normalized spacial score (nSPS) is 12.5. The van der Waals surface area contributed by atoms with Crippen LogP contribution in [0.2, 0.25) is 0 Å². The molecule has 0 spiro atoms. The lowest BCUT2D eigenvalue weighted by Crippen LogP contribution is -2.00. The summed E-state index contributed by atoms with van der Waals surface area (Å²) in [6.07, 6.45) is 5.09. The van der Waals surface area contributed by atoms with Crippen molar-refractivity contribution < 1.29 is 9.47 Å². The second-order valence-corrected chi connectivity index (χ2v) is 3.67. The number of hydrogen-bond donors (Lipinski definition) is 1. The summed E-state index contributed by atoms with van der Waals surface area (Å²) in [4.78, 5) is 7.92. The molecule has 1 aliphatic rings. The molecule has 5 heteroatoms. The molecular formula is C12H11N3O2. The third-order valence-electron chi connectivity index (χ3n) is 2.48. The second-order valence-electron chi connectivity index (χ2n) is 3.67. The highest BCUT2D eigenvalue weighted by molar-refractivity contribution is 5.55. The molecular weight excluding hydrogens is 218 g/mol. The first-order valence-electron chi connectivity index (χ1n) is 5.29. The van der Waals surface area contributed by atoms with Crippen molar-refractivity contribution in [3.63, 3.8) is 0 Å². The maximum atomic E-state index is 5.30. The number of fused-ring (bicyclic) bond motifs is 1. The van der Waals surface area contributed by atoms with Crippen molar-refractivity contribution in [3.05, 3.63) is 42.5 Å². The Morgan fingerprint density at radius 2 is 1.94 bits per heavy atom. The monoisotopic (exact) mass is 229 g/mol. The Hall–Kier alpha value is -2.30. The van der Waals surface area contributed by atoms with E-state index >= 15 is 0 Å². The Morgan fingerprint density at radius 1 is 1.12 bits per heavy atom. The zero-order chi connectivity index (χ0) is 11.5. The fourth-order valence-electron chi connectivity index (χ4n) is 1.63. The molecule has 3 rings (SSSR count). The number of rotatable bonds is 3. The second kappa shape index (κ2) is 4.29. The summed E-state index contributed by atoms with van der Waals surface area (Å²) in [5, 5.41) is 3.28. The highest BCUT2D eigenvalue weighted by Gasteiger charge is 2.12. The minimum Gasteiger partial charge on any atom is -0.454 e. The lowest BCUT2D eigenvalue weighted by Gasteiger charge is -2.06. The van der Waals surface area contributed by atoms with Crippen molar-refractivity contribution in [1.82, 2.24) is 9.97 Å². The van der Waals surface area contributed by atoms with E-state index in [1.807, 2.05) is 18.2 Å². The van der Waals surface area contributed by atoms with Crippen molar-refractivity contribution in [2.75, 3.05) is 12.1 Å². The summed E-state index contributed by atoms with van der Waals surface area (Å²) in [6, 6.07) is 5.77. The molecule has 5 nitrogen and oxygen atoms in total. The van der Waals surface area contributed by atoms with Gasteiger partial charge in [0.1, 0.15) is 6.33 Å². The molecule has 0 atom stereocenters. The maximum Gasteiger partial charge on any atom is 0.231 e. The van der Waals surface area contributed by atoms with Crippen molar-refractivity contribution in [2.24, 2.45) is 0 Å². The van der Waals surface area contributed by atoms with E-state index in [1.54, 1.807) is 12.4 Å². The molecule has 0 unspecified atom stereocenters. The molecule has 86 valence electrons. The zero-order valence-electron chi connectivity index (χ0n) is 9.09. The van der Waals surface area contributed by atoms with Crippen LogP contribution < -0.4 is 14.8 Å². The molecule has 1 aliphatic heterocycles. The van der Waals surface area contributed by atoms with Crippen LogP contribution in [0.3, 0.4) is 0 Å². The summed E-state index contributed by atoms with van der Waals surface area (Å²) in [5.41, 5.74) is 2.02. The van der Waals surface area contributed by atoms with Crippen LogP contribution in [-0.2, 0) is 6.54 Å². The van der Waals surface area contributed by atoms with E-state index in [9.17, 15) is 0 Å². The van der Waals surface area contributed by atoms with Crippen LogP contribution in [0.4, 0.5) is 5.69 Å². The van der Waals surface area contributed by atoms with Crippen LogP contribution in [0.15, 0.2) is 36.9 Å². The Morgan fingerprint density at radius 3 is 2.82 bits per heavy atom. The number of aromatic nitrogens is 2. The van der Waals surface area contributed by atoms with Gasteiger partial charge in [0, 0.05) is 36.3 Å². The number of anilines is 1. The van der Waals surface area contributed by atoms with E-state index in [0.29, 0.717) is 13.3 Å². The van der Waals surface area contributed by atoms with Gasteiger partial charge in [-0.05, 0) is 12.1 Å². The van der Waals surface area contributed by atoms with Gasteiger partial charge in [-0.25, -0.2) is 9.97 Å². The van der Waals surface area contributed by atoms with Crippen LogP contribution in [0.1, 0.15) is 5.56 Å². The summed E-state index contributed by atoms with van der Waals surface area (Å²) in [6.45, 7) is 0.978. The largest absolute Gasteiger partial charge is 0.454 e. The van der Waals surface area contributed by atoms with Gasteiger partial charge >= 0.3 is 0 Å². The van der Waals surface area contributed by atoms with Crippen molar-refractivity contribution in [1.29, 1.82) is 0 Å². The van der Waals surface area contributed by atoms with Crippen LogP contribution >= 0.6 is 0 Å². The number of nitrogens with one attached hydrogen (secondary N) is 1. The molecule has 0 amide bonds. The summed E-state index contributed by atoms with van der Waals surface area (Å²) in [5.74, 6) is 1.57. The highest BCUT2D eigenvalue weighted by Crippen LogP contribution is 2.34. The predicted molar refractivity (Wildman–Crippen MR) is 61.9 cm³/mol. The van der Waals surface area contributed by atoms with E-state index in [4.69, 9.17) is 9.47 Å². The van der Waals surface area contributed by atoms with E-state index in [0.717, 1.165) is 22.7 Å². The van der Waals surface area contributed by atoms with E-state index < -0.39 is 0 Å². The van der Waals surface area contributed by atoms with Crippen molar-refractivity contribution >= 4 is 5.69 Å². The molecule has 0 bridgehead atoms. The molecule has 1 aromatic heterocycles. The highest BCUT2D eigenvalue weighted by atomic mass is 16.7. The molecule has 0 radical (unpaired) electrons. The van der Waals surface area contributed by atoms with Crippen LogP contribution in [-0.4, -0.2) is 16.8 Å². The maximum absolute atomic E-state index is 5.30. The van der Waals surface area contributed by atoms with Gasteiger partial charge in [-0.1, -0.05) is 0 Å². The molecule has 1 N–H and O–H groups in total. The lowest BCUT2D eigenvalue weighted by molar-refractivity contribution is 0.174. The van der Waals surface area contributed by atoms with Crippen molar-refractivity contribution in [3.8, 4) is 11.5 Å². The molecule has 2 aromatic rings. The molecule has 0 saturated carbocycles.